The van der Waals surface area contributed by atoms with Crippen molar-refractivity contribution in [1.29, 1.82) is 0 Å². The van der Waals surface area contributed by atoms with Crippen LogP contribution >= 0.6 is 23.2 Å². The maximum absolute atomic E-state index is 13.3. The number of benzene rings is 3. The first-order valence-corrected chi connectivity index (χ1v) is 12.3. The molecule has 3 aromatic carbocycles. The minimum atomic E-state index is -4.02. The van der Waals surface area contributed by atoms with E-state index in [9.17, 15) is 13.2 Å². The number of carbonyl (C=O) groups excluding carboxylic acids is 1. The highest BCUT2D eigenvalue weighted by Crippen LogP contribution is 2.29. The Kier molecular flexibility index (Phi) is 8.18. The Hall–Kier alpha value is -2.54. The lowest BCUT2D eigenvalue weighted by atomic mass is 10.1. The number of anilines is 1. The maximum atomic E-state index is 13.3. The van der Waals surface area contributed by atoms with Crippen LogP contribution in [-0.4, -0.2) is 26.9 Å². The molecule has 0 aliphatic heterocycles. The van der Waals surface area contributed by atoms with Crippen molar-refractivity contribution < 1.29 is 13.2 Å². The number of nitrogens with one attached hydrogen (secondary N) is 1. The van der Waals surface area contributed by atoms with Crippen LogP contribution in [0.4, 0.5) is 5.69 Å². The minimum absolute atomic E-state index is 0.0704. The van der Waals surface area contributed by atoms with Crippen LogP contribution in [0.1, 0.15) is 18.9 Å². The molecular weight excluding hydrogens is 467 g/mol. The molecule has 1 amide bonds. The van der Waals surface area contributed by atoms with Gasteiger partial charge in [-0.15, -0.1) is 0 Å². The number of rotatable bonds is 9. The monoisotopic (exact) mass is 490 g/mol. The fourth-order valence-electron chi connectivity index (χ4n) is 3.27. The topological polar surface area (TPSA) is 66.5 Å². The average molecular weight is 491 g/mol. The second kappa shape index (κ2) is 10.9. The number of hydrogen-bond acceptors (Lipinski definition) is 3. The molecule has 0 aliphatic rings. The van der Waals surface area contributed by atoms with Crippen molar-refractivity contribution in [3.8, 4) is 0 Å². The molecule has 0 bridgehead atoms. The van der Waals surface area contributed by atoms with E-state index in [0.29, 0.717) is 0 Å². The summed E-state index contributed by atoms with van der Waals surface area (Å²) in [5, 5.41) is 3.44. The zero-order chi connectivity index (χ0) is 23.1. The third kappa shape index (κ3) is 6.48. The van der Waals surface area contributed by atoms with Crippen LogP contribution in [0.3, 0.4) is 0 Å². The Labute approximate surface area is 199 Å². The van der Waals surface area contributed by atoms with Crippen LogP contribution in [0, 0.1) is 0 Å². The molecule has 0 radical (unpaired) electrons. The van der Waals surface area contributed by atoms with E-state index in [-0.39, 0.29) is 26.7 Å². The predicted octanol–water partition coefficient (Wildman–Crippen LogP) is 5.33. The zero-order valence-corrected chi connectivity index (χ0v) is 19.9. The molecule has 0 aliphatic carbocycles. The summed E-state index contributed by atoms with van der Waals surface area (Å²) in [6.07, 6.45) is 1.53. The number of sulfonamides is 1. The lowest BCUT2D eigenvalue weighted by Crippen LogP contribution is -2.43. The van der Waals surface area contributed by atoms with Gasteiger partial charge in [0.1, 0.15) is 6.54 Å². The largest absolute Gasteiger partial charge is 0.352 e. The van der Waals surface area contributed by atoms with E-state index in [1.807, 2.05) is 37.3 Å². The van der Waals surface area contributed by atoms with Crippen LogP contribution in [0.5, 0.6) is 0 Å². The van der Waals surface area contributed by atoms with E-state index in [1.54, 1.807) is 18.2 Å². The van der Waals surface area contributed by atoms with E-state index < -0.39 is 22.5 Å². The molecule has 32 heavy (non-hydrogen) atoms. The summed E-state index contributed by atoms with van der Waals surface area (Å²) in [4.78, 5) is 12.9. The quantitative estimate of drug-likeness (QED) is 0.440. The SMILES string of the molecule is C[C@@H](CCc1ccccc1)NC(=O)CN(c1cc(Cl)cc(Cl)c1)S(=O)(=O)c1ccccc1. The van der Waals surface area contributed by atoms with Gasteiger partial charge < -0.3 is 5.32 Å². The van der Waals surface area contributed by atoms with Gasteiger partial charge in [-0.25, -0.2) is 8.42 Å². The summed E-state index contributed by atoms with van der Waals surface area (Å²) < 4.78 is 27.7. The van der Waals surface area contributed by atoms with Gasteiger partial charge in [0.15, 0.2) is 0 Å². The number of halogens is 2. The summed E-state index contributed by atoms with van der Waals surface area (Å²) in [6, 6.07) is 22.2. The van der Waals surface area contributed by atoms with E-state index in [1.165, 1.54) is 35.9 Å². The number of aryl methyl sites for hydroxylation is 1. The Bertz CT molecular complexity index is 1140. The first-order valence-electron chi connectivity index (χ1n) is 10.1. The highest BCUT2D eigenvalue weighted by atomic mass is 35.5. The molecule has 0 fully saturated rings. The smallest absolute Gasteiger partial charge is 0.264 e. The normalized spacial score (nSPS) is 12.2. The van der Waals surface area contributed by atoms with Gasteiger partial charge in [-0.2, -0.15) is 0 Å². The number of carbonyl (C=O) groups is 1. The van der Waals surface area contributed by atoms with Gasteiger partial charge in [0.2, 0.25) is 5.91 Å². The second-order valence-corrected chi connectivity index (χ2v) is 10.2. The summed E-state index contributed by atoms with van der Waals surface area (Å²) in [7, 11) is -4.02. The molecule has 0 saturated heterocycles. The molecule has 0 heterocycles. The summed E-state index contributed by atoms with van der Waals surface area (Å²) in [5.41, 5.74) is 1.40. The zero-order valence-electron chi connectivity index (χ0n) is 17.5. The van der Waals surface area contributed by atoms with Gasteiger partial charge in [-0.1, -0.05) is 71.7 Å². The van der Waals surface area contributed by atoms with Gasteiger partial charge >= 0.3 is 0 Å². The van der Waals surface area contributed by atoms with Gasteiger partial charge in [0.05, 0.1) is 10.6 Å². The van der Waals surface area contributed by atoms with Crippen LogP contribution in [0.15, 0.2) is 83.8 Å². The van der Waals surface area contributed by atoms with E-state index in [0.717, 1.165) is 17.1 Å². The highest BCUT2D eigenvalue weighted by molar-refractivity contribution is 7.92. The van der Waals surface area contributed by atoms with Crippen LogP contribution in [0.25, 0.3) is 0 Å². The summed E-state index contributed by atoms with van der Waals surface area (Å²) in [6.45, 7) is 1.50. The molecule has 0 unspecified atom stereocenters. The molecule has 3 aromatic rings. The molecule has 0 aromatic heterocycles. The lowest BCUT2D eigenvalue weighted by molar-refractivity contribution is -0.120. The van der Waals surface area contributed by atoms with E-state index in [4.69, 9.17) is 23.2 Å². The van der Waals surface area contributed by atoms with Crippen molar-refractivity contribution in [2.24, 2.45) is 0 Å². The highest BCUT2D eigenvalue weighted by Gasteiger charge is 2.28. The van der Waals surface area contributed by atoms with Crippen LogP contribution in [-0.2, 0) is 21.2 Å². The molecule has 168 valence electrons. The van der Waals surface area contributed by atoms with Crippen molar-refractivity contribution in [3.05, 3.63) is 94.5 Å². The Morgan fingerprint density at radius 3 is 2.09 bits per heavy atom. The maximum Gasteiger partial charge on any atom is 0.264 e. The molecule has 5 nitrogen and oxygen atoms in total. The first kappa shape index (κ1) is 24.1. The molecule has 8 heteroatoms. The van der Waals surface area contributed by atoms with Crippen molar-refractivity contribution in [1.82, 2.24) is 5.32 Å². The van der Waals surface area contributed by atoms with Gasteiger partial charge in [-0.05, 0) is 55.7 Å². The fraction of sp³-hybridized carbons (Fsp3) is 0.208. The van der Waals surface area contributed by atoms with Crippen molar-refractivity contribution in [2.45, 2.75) is 30.7 Å². The summed E-state index contributed by atoms with van der Waals surface area (Å²) in [5.74, 6) is -0.416. The van der Waals surface area contributed by atoms with Gasteiger partial charge in [0.25, 0.3) is 10.0 Å². The molecular formula is C24H24Cl2N2O3S. The second-order valence-electron chi connectivity index (χ2n) is 7.45. The summed E-state index contributed by atoms with van der Waals surface area (Å²) >= 11 is 12.2. The number of amides is 1. The molecule has 1 atom stereocenters. The minimum Gasteiger partial charge on any atom is -0.352 e. The van der Waals surface area contributed by atoms with Crippen molar-refractivity contribution >= 4 is 44.8 Å². The molecule has 1 N–H and O–H groups in total. The first-order chi connectivity index (χ1) is 15.3. The van der Waals surface area contributed by atoms with Gasteiger partial charge in [-0.3, -0.25) is 9.10 Å². The Morgan fingerprint density at radius 1 is 0.938 bits per heavy atom. The predicted molar refractivity (Wildman–Crippen MR) is 130 cm³/mol. The number of nitrogens with zero attached hydrogens (tertiary/aromatic N) is 1. The molecule has 0 saturated carbocycles. The third-order valence-corrected chi connectivity index (χ3v) is 7.09. The molecule has 3 rings (SSSR count). The Balaban J connectivity index is 1.78. The van der Waals surface area contributed by atoms with E-state index >= 15 is 0 Å². The third-order valence-electron chi connectivity index (χ3n) is 4.87. The average Bonchev–Trinajstić information content (AvgIpc) is 2.76. The Morgan fingerprint density at radius 2 is 1.50 bits per heavy atom. The molecule has 0 spiro atoms. The van der Waals surface area contributed by atoms with Crippen molar-refractivity contribution in [3.63, 3.8) is 0 Å². The van der Waals surface area contributed by atoms with Crippen LogP contribution in [0.2, 0.25) is 10.0 Å². The lowest BCUT2D eigenvalue weighted by Gasteiger charge is -2.25. The van der Waals surface area contributed by atoms with E-state index in [2.05, 4.69) is 5.32 Å². The fourth-order valence-corrected chi connectivity index (χ4v) is 5.21. The van der Waals surface area contributed by atoms with Crippen LogP contribution < -0.4 is 9.62 Å². The van der Waals surface area contributed by atoms with Crippen molar-refractivity contribution in [2.75, 3.05) is 10.8 Å². The number of hydrogen-bond donors (Lipinski definition) is 1. The van der Waals surface area contributed by atoms with Gasteiger partial charge in [0, 0.05) is 16.1 Å². The standard InChI is InChI=1S/C24H24Cl2N2O3S/c1-18(12-13-19-8-4-2-5-9-19)27-24(29)17-28(22-15-20(25)14-21(26)16-22)32(30,31)23-10-6-3-7-11-23/h2-11,14-16,18H,12-13,17H2,1H3,(H,27,29)/t18-/m0/s1.